The van der Waals surface area contributed by atoms with Gasteiger partial charge in [0.15, 0.2) is 0 Å². The quantitative estimate of drug-likeness (QED) is 0.763. The number of aromatic nitrogens is 1. The second kappa shape index (κ2) is 4.48. The maximum absolute atomic E-state index is 13.1. The molecule has 1 heterocycles. The van der Waals surface area contributed by atoms with E-state index >= 15 is 0 Å². The van der Waals surface area contributed by atoms with E-state index in [9.17, 15) is 4.39 Å². The number of benzene rings is 2. The second-order valence-electron chi connectivity index (χ2n) is 4.04. The number of nitrogens with zero attached hydrogens (tertiary/aromatic N) is 1. The molecule has 0 radical (unpaired) electrons. The van der Waals surface area contributed by atoms with Crippen LogP contribution < -0.4 is 5.73 Å². The van der Waals surface area contributed by atoms with Crippen molar-refractivity contribution in [3.8, 4) is 10.6 Å². The molecule has 0 amide bonds. The Morgan fingerprint density at radius 3 is 2.89 bits per heavy atom. The molecule has 0 bridgehead atoms. The van der Waals surface area contributed by atoms with Crippen LogP contribution in [0, 0.1) is 5.82 Å². The van der Waals surface area contributed by atoms with E-state index in [-0.39, 0.29) is 5.82 Å². The van der Waals surface area contributed by atoms with Gasteiger partial charge in [0, 0.05) is 18.2 Å². The third kappa shape index (κ3) is 2.00. The largest absolute Gasteiger partial charge is 0.326 e. The molecule has 0 fully saturated rings. The zero-order valence-corrected chi connectivity index (χ0v) is 10.4. The lowest BCUT2D eigenvalue weighted by Crippen LogP contribution is -1.95. The third-order valence-corrected chi connectivity index (χ3v) is 3.84. The summed E-state index contributed by atoms with van der Waals surface area (Å²) in [6.45, 7) is 0.507. The molecule has 2 nitrogen and oxygen atoms in total. The molecule has 4 heteroatoms. The van der Waals surface area contributed by atoms with E-state index in [1.807, 2.05) is 24.3 Å². The maximum Gasteiger partial charge on any atom is 0.125 e. The van der Waals surface area contributed by atoms with Crippen LogP contribution in [-0.4, -0.2) is 4.98 Å². The molecule has 0 aliphatic carbocycles. The molecule has 3 aromatic rings. The number of nitrogens with two attached hydrogens (primary N) is 1. The summed E-state index contributed by atoms with van der Waals surface area (Å²) in [5.41, 5.74) is 8.42. The Labute approximate surface area is 108 Å². The van der Waals surface area contributed by atoms with E-state index in [0.717, 1.165) is 20.8 Å². The van der Waals surface area contributed by atoms with Gasteiger partial charge >= 0.3 is 0 Å². The molecule has 0 aliphatic heterocycles. The molecule has 0 saturated carbocycles. The van der Waals surface area contributed by atoms with Gasteiger partial charge in [-0.15, -0.1) is 11.3 Å². The Hall–Kier alpha value is -1.78. The van der Waals surface area contributed by atoms with Crippen molar-refractivity contribution in [2.75, 3.05) is 0 Å². The van der Waals surface area contributed by atoms with Crippen molar-refractivity contribution in [2.45, 2.75) is 6.54 Å². The van der Waals surface area contributed by atoms with Crippen LogP contribution in [0.15, 0.2) is 42.5 Å². The first-order chi connectivity index (χ1) is 8.76. The second-order valence-corrected chi connectivity index (χ2v) is 5.07. The predicted molar refractivity (Wildman–Crippen MR) is 72.9 cm³/mol. The maximum atomic E-state index is 13.1. The summed E-state index contributed by atoms with van der Waals surface area (Å²) < 4.78 is 14.1. The molecule has 2 aromatic carbocycles. The standard InChI is InChI=1S/C14H11FN2S/c15-11-4-5-13-12(7-11)17-14(18-13)10-3-1-2-9(6-10)8-16/h1-7H,8,16H2. The van der Waals surface area contributed by atoms with E-state index in [4.69, 9.17) is 5.73 Å². The van der Waals surface area contributed by atoms with Crippen LogP contribution >= 0.6 is 11.3 Å². The van der Waals surface area contributed by atoms with E-state index in [1.165, 1.54) is 12.1 Å². The molecule has 0 atom stereocenters. The molecule has 0 aliphatic rings. The zero-order chi connectivity index (χ0) is 12.5. The van der Waals surface area contributed by atoms with Gasteiger partial charge in [-0.25, -0.2) is 9.37 Å². The van der Waals surface area contributed by atoms with Gasteiger partial charge in [-0.2, -0.15) is 0 Å². The first-order valence-corrected chi connectivity index (χ1v) is 6.43. The minimum atomic E-state index is -0.255. The number of halogens is 1. The van der Waals surface area contributed by atoms with Crippen molar-refractivity contribution in [3.63, 3.8) is 0 Å². The Morgan fingerprint density at radius 1 is 1.17 bits per heavy atom. The van der Waals surface area contributed by atoms with Gasteiger partial charge in [-0.1, -0.05) is 18.2 Å². The van der Waals surface area contributed by atoms with E-state index in [1.54, 1.807) is 17.4 Å². The Bertz CT molecular complexity index is 706. The number of fused-ring (bicyclic) bond motifs is 1. The van der Waals surface area contributed by atoms with Crippen LogP contribution in [0.3, 0.4) is 0 Å². The molecular weight excluding hydrogens is 247 g/mol. The first kappa shape index (κ1) is 11.3. The highest BCUT2D eigenvalue weighted by Crippen LogP contribution is 2.30. The number of hydrogen-bond acceptors (Lipinski definition) is 3. The first-order valence-electron chi connectivity index (χ1n) is 5.62. The molecule has 18 heavy (non-hydrogen) atoms. The minimum absolute atomic E-state index is 0.255. The van der Waals surface area contributed by atoms with Crippen molar-refractivity contribution in [3.05, 3.63) is 53.8 Å². The normalized spacial score (nSPS) is 11.0. The van der Waals surface area contributed by atoms with Crippen molar-refractivity contribution >= 4 is 21.6 Å². The van der Waals surface area contributed by atoms with Gasteiger partial charge in [-0.05, 0) is 23.8 Å². The van der Waals surface area contributed by atoms with Crippen molar-refractivity contribution in [1.29, 1.82) is 0 Å². The Kier molecular flexibility index (Phi) is 2.81. The minimum Gasteiger partial charge on any atom is -0.326 e. The van der Waals surface area contributed by atoms with E-state index < -0.39 is 0 Å². The molecular formula is C14H11FN2S. The molecule has 3 rings (SSSR count). The van der Waals surface area contributed by atoms with Crippen molar-refractivity contribution in [2.24, 2.45) is 5.73 Å². The number of thiazole rings is 1. The molecule has 90 valence electrons. The highest BCUT2D eigenvalue weighted by molar-refractivity contribution is 7.21. The van der Waals surface area contributed by atoms with Gasteiger partial charge in [-0.3, -0.25) is 0 Å². The highest BCUT2D eigenvalue weighted by Gasteiger charge is 2.07. The summed E-state index contributed by atoms with van der Waals surface area (Å²) in [6.07, 6.45) is 0. The summed E-state index contributed by atoms with van der Waals surface area (Å²) >= 11 is 1.56. The predicted octanol–water partition coefficient (Wildman–Crippen LogP) is 3.56. The Morgan fingerprint density at radius 2 is 2.06 bits per heavy atom. The summed E-state index contributed by atoms with van der Waals surface area (Å²) in [5.74, 6) is -0.255. The van der Waals surface area contributed by atoms with Crippen LogP contribution in [0.25, 0.3) is 20.8 Å². The number of hydrogen-bond donors (Lipinski definition) is 1. The fraction of sp³-hybridized carbons (Fsp3) is 0.0714. The number of rotatable bonds is 2. The van der Waals surface area contributed by atoms with Crippen molar-refractivity contribution < 1.29 is 4.39 Å². The SMILES string of the molecule is NCc1cccc(-c2nc3cc(F)ccc3s2)c1. The van der Waals surface area contributed by atoms with Crippen LogP contribution in [0.5, 0.6) is 0 Å². The third-order valence-electron chi connectivity index (χ3n) is 2.76. The van der Waals surface area contributed by atoms with Gasteiger partial charge in [0.25, 0.3) is 0 Å². The fourth-order valence-electron chi connectivity index (χ4n) is 1.86. The van der Waals surface area contributed by atoms with Gasteiger partial charge < -0.3 is 5.73 Å². The Balaban J connectivity index is 2.13. The lowest BCUT2D eigenvalue weighted by molar-refractivity contribution is 0.629. The van der Waals surface area contributed by atoms with Crippen LogP contribution in [0.2, 0.25) is 0 Å². The average Bonchev–Trinajstić information content (AvgIpc) is 2.81. The van der Waals surface area contributed by atoms with Gasteiger partial charge in [0.1, 0.15) is 10.8 Å². The van der Waals surface area contributed by atoms with Crippen LogP contribution in [0.1, 0.15) is 5.56 Å². The van der Waals surface area contributed by atoms with Gasteiger partial charge in [0.05, 0.1) is 10.2 Å². The van der Waals surface area contributed by atoms with Crippen LogP contribution in [-0.2, 0) is 6.54 Å². The summed E-state index contributed by atoms with van der Waals surface area (Å²) in [5, 5.41) is 0.894. The average molecular weight is 258 g/mol. The van der Waals surface area contributed by atoms with Crippen molar-refractivity contribution in [1.82, 2.24) is 4.98 Å². The molecule has 1 aromatic heterocycles. The summed E-state index contributed by atoms with van der Waals surface area (Å²) in [7, 11) is 0. The van der Waals surface area contributed by atoms with Gasteiger partial charge in [0.2, 0.25) is 0 Å². The van der Waals surface area contributed by atoms with E-state index in [0.29, 0.717) is 12.1 Å². The molecule has 0 unspecified atom stereocenters. The molecule has 0 spiro atoms. The smallest absolute Gasteiger partial charge is 0.125 e. The fourth-order valence-corrected chi connectivity index (χ4v) is 2.80. The van der Waals surface area contributed by atoms with E-state index in [2.05, 4.69) is 4.98 Å². The lowest BCUT2D eigenvalue weighted by Gasteiger charge is -1.99. The topological polar surface area (TPSA) is 38.9 Å². The summed E-state index contributed by atoms with van der Waals surface area (Å²) in [6, 6.07) is 12.6. The molecule has 0 saturated heterocycles. The van der Waals surface area contributed by atoms with Crippen LogP contribution in [0.4, 0.5) is 4.39 Å². The zero-order valence-electron chi connectivity index (χ0n) is 9.56. The lowest BCUT2D eigenvalue weighted by atomic mass is 10.1. The molecule has 2 N–H and O–H groups in total. The monoisotopic (exact) mass is 258 g/mol. The summed E-state index contributed by atoms with van der Waals surface area (Å²) in [4.78, 5) is 4.46. The highest BCUT2D eigenvalue weighted by atomic mass is 32.1.